The molecule has 8 heteroatoms. The SMILES string of the molecule is Cc1ccccc1S(=O)[O-].O=S([O-])C(NC1CCCCC1)c1ccccc1.[Ca+2]. The average molecular weight is 448 g/mol. The third-order valence-corrected chi connectivity index (χ3v) is 6.17. The van der Waals surface area contributed by atoms with Gasteiger partial charge in [0.25, 0.3) is 0 Å². The number of nitrogens with one attached hydrogen (secondary N) is 1. The Morgan fingerprint density at radius 1 is 0.929 bits per heavy atom. The van der Waals surface area contributed by atoms with E-state index in [-0.39, 0.29) is 37.7 Å². The molecule has 2 aromatic carbocycles. The van der Waals surface area contributed by atoms with Crippen molar-refractivity contribution in [3.8, 4) is 0 Å². The van der Waals surface area contributed by atoms with E-state index in [2.05, 4.69) is 5.32 Å². The summed E-state index contributed by atoms with van der Waals surface area (Å²) in [6.45, 7) is 1.77. The summed E-state index contributed by atoms with van der Waals surface area (Å²) in [5, 5.41) is 2.69. The third kappa shape index (κ3) is 8.71. The van der Waals surface area contributed by atoms with Gasteiger partial charge in [-0.1, -0.05) is 67.8 Å². The van der Waals surface area contributed by atoms with Crippen molar-refractivity contribution in [3.63, 3.8) is 0 Å². The van der Waals surface area contributed by atoms with E-state index in [1.807, 2.05) is 36.4 Å². The number of hydrogen-bond acceptors (Lipinski definition) is 5. The number of benzene rings is 2. The van der Waals surface area contributed by atoms with Gasteiger partial charge in [0.15, 0.2) is 0 Å². The van der Waals surface area contributed by atoms with Crippen LogP contribution in [0.25, 0.3) is 0 Å². The maximum absolute atomic E-state index is 11.3. The van der Waals surface area contributed by atoms with E-state index in [1.165, 1.54) is 19.3 Å². The summed E-state index contributed by atoms with van der Waals surface area (Å²) in [4.78, 5) is 0.377. The Morgan fingerprint density at radius 3 is 2.00 bits per heavy atom. The van der Waals surface area contributed by atoms with Crippen LogP contribution in [0.2, 0.25) is 0 Å². The van der Waals surface area contributed by atoms with Crippen molar-refractivity contribution < 1.29 is 17.5 Å². The van der Waals surface area contributed by atoms with Crippen LogP contribution >= 0.6 is 0 Å². The predicted molar refractivity (Wildman–Crippen MR) is 112 cm³/mol. The fourth-order valence-corrected chi connectivity index (χ4v) is 4.32. The second kappa shape index (κ2) is 14.0. The molecule has 1 aliphatic rings. The zero-order valence-electron chi connectivity index (χ0n) is 16.0. The van der Waals surface area contributed by atoms with E-state index in [0.717, 1.165) is 24.0 Å². The second-order valence-electron chi connectivity index (χ2n) is 6.55. The largest absolute Gasteiger partial charge is 2.00 e. The monoisotopic (exact) mass is 447 g/mol. The minimum absolute atomic E-state index is 0. The Bertz CT molecular complexity index is 755. The molecule has 28 heavy (non-hydrogen) atoms. The number of rotatable bonds is 5. The Morgan fingerprint density at radius 2 is 1.50 bits per heavy atom. The van der Waals surface area contributed by atoms with Crippen LogP contribution in [0.5, 0.6) is 0 Å². The summed E-state index contributed by atoms with van der Waals surface area (Å²) >= 11 is -4.21. The molecule has 0 saturated heterocycles. The molecular weight excluding hydrogens is 422 g/mol. The molecule has 2 aromatic rings. The van der Waals surface area contributed by atoms with Gasteiger partial charge in [-0.2, -0.15) is 0 Å². The van der Waals surface area contributed by atoms with Crippen molar-refractivity contribution in [2.45, 2.75) is 55.3 Å². The van der Waals surface area contributed by atoms with Gasteiger partial charge in [0, 0.05) is 10.9 Å². The van der Waals surface area contributed by atoms with E-state index in [4.69, 9.17) is 0 Å². The van der Waals surface area contributed by atoms with E-state index in [1.54, 1.807) is 25.1 Å². The minimum Gasteiger partial charge on any atom is -0.771 e. The molecule has 0 bridgehead atoms. The van der Waals surface area contributed by atoms with Gasteiger partial charge in [-0.25, -0.2) is 0 Å². The number of aryl methyl sites for hydroxylation is 1. The van der Waals surface area contributed by atoms with Crippen LogP contribution in [0.1, 0.15) is 48.6 Å². The smallest absolute Gasteiger partial charge is 0.771 e. The van der Waals surface area contributed by atoms with Crippen LogP contribution in [0.3, 0.4) is 0 Å². The van der Waals surface area contributed by atoms with Crippen molar-refractivity contribution in [3.05, 3.63) is 65.7 Å². The van der Waals surface area contributed by atoms with E-state index in [9.17, 15) is 17.5 Å². The molecule has 1 saturated carbocycles. The maximum Gasteiger partial charge on any atom is 2.00 e. The van der Waals surface area contributed by atoms with Crippen LogP contribution in [-0.4, -0.2) is 61.3 Å². The average Bonchev–Trinajstić information content (AvgIpc) is 2.68. The molecule has 3 rings (SSSR count). The second-order valence-corrected chi connectivity index (χ2v) is 8.45. The molecule has 3 atom stereocenters. The Labute approximate surface area is 202 Å². The molecule has 0 aromatic heterocycles. The Hall–Kier alpha value is -0.120. The first-order valence-electron chi connectivity index (χ1n) is 9.03. The van der Waals surface area contributed by atoms with Crippen LogP contribution in [0.4, 0.5) is 0 Å². The van der Waals surface area contributed by atoms with Gasteiger partial charge in [0.05, 0.1) is 5.37 Å². The summed E-state index contributed by atoms with van der Waals surface area (Å²) < 4.78 is 43.5. The van der Waals surface area contributed by atoms with Gasteiger partial charge in [-0.3, -0.25) is 13.7 Å². The van der Waals surface area contributed by atoms with E-state index >= 15 is 0 Å². The molecule has 0 radical (unpaired) electrons. The number of hydrogen-bond donors (Lipinski definition) is 1. The molecule has 1 fully saturated rings. The van der Waals surface area contributed by atoms with Crippen LogP contribution < -0.4 is 5.32 Å². The topological polar surface area (TPSA) is 92.3 Å². The Balaban J connectivity index is 0.000000307. The predicted octanol–water partition coefficient (Wildman–Crippen LogP) is 3.34. The first-order chi connectivity index (χ1) is 13.0. The molecule has 1 aliphatic carbocycles. The molecular formula is C20H25CaNO4S2. The van der Waals surface area contributed by atoms with Gasteiger partial charge < -0.3 is 9.11 Å². The maximum atomic E-state index is 11.3. The standard InChI is InChI=1S/C13H19NO2S.C7H8O2S.Ca/c15-17(16)13(11-7-3-1-4-8-11)14-12-9-5-2-6-10-12;1-6-4-2-3-5-7(6)10(8)9;/h1,3-4,7-8,12-14H,2,5-6,9-10H2,(H,15,16);2-5H,1H3,(H,8,9);/q;;+2/p-2. The third-order valence-electron chi connectivity index (χ3n) is 4.56. The fraction of sp³-hybridized carbons (Fsp3) is 0.400. The van der Waals surface area contributed by atoms with Crippen molar-refractivity contribution in [1.82, 2.24) is 5.32 Å². The molecule has 0 amide bonds. The molecule has 5 nitrogen and oxygen atoms in total. The van der Waals surface area contributed by atoms with E-state index < -0.39 is 27.5 Å². The molecule has 3 unspecified atom stereocenters. The summed E-state index contributed by atoms with van der Waals surface area (Å²) in [5.41, 5.74) is 1.61. The quantitative estimate of drug-likeness (QED) is 0.561. The van der Waals surface area contributed by atoms with E-state index in [0.29, 0.717) is 10.9 Å². The van der Waals surface area contributed by atoms with Crippen molar-refractivity contribution in [1.29, 1.82) is 0 Å². The molecule has 0 spiro atoms. The van der Waals surface area contributed by atoms with Gasteiger partial charge in [-0.15, -0.1) is 0 Å². The summed E-state index contributed by atoms with van der Waals surface area (Å²) in [7, 11) is 0. The molecule has 1 N–H and O–H groups in total. The fourth-order valence-electron chi connectivity index (χ4n) is 3.12. The summed E-state index contributed by atoms with van der Waals surface area (Å²) in [6, 6.07) is 16.6. The van der Waals surface area contributed by atoms with Crippen molar-refractivity contribution >= 4 is 59.9 Å². The van der Waals surface area contributed by atoms with Crippen LogP contribution in [0.15, 0.2) is 59.5 Å². The zero-order chi connectivity index (χ0) is 19.6. The normalized spacial score (nSPS) is 17.4. The minimum atomic E-state index is -2.12. The first-order valence-corrected chi connectivity index (χ1v) is 11.2. The summed E-state index contributed by atoms with van der Waals surface area (Å²) in [6.07, 6.45) is 5.84. The molecule has 0 heterocycles. The van der Waals surface area contributed by atoms with Crippen LogP contribution in [0, 0.1) is 6.92 Å². The first kappa shape index (κ1) is 25.9. The Kier molecular flexibility index (Phi) is 12.9. The van der Waals surface area contributed by atoms with Crippen LogP contribution in [-0.2, 0) is 22.2 Å². The molecule has 148 valence electrons. The molecule has 0 aliphatic heterocycles. The van der Waals surface area contributed by atoms with Gasteiger partial charge in [0.2, 0.25) is 0 Å². The van der Waals surface area contributed by atoms with Gasteiger partial charge in [-0.05, 0) is 59.1 Å². The van der Waals surface area contributed by atoms with Crippen molar-refractivity contribution in [2.75, 3.05) is 0 Å². The zero-order valence-corrected chi connectivity index (χ0v) is 19.9. The summed E-state index contributed by atoms with van der Waals surface area (Å²) in [5.74, 6) is 0. The van der Waals surface area contributed by atoms with Gasteiger partial charge in [0.1, 0.15) is 0 Å². The van der Waals surface area contributed by atoms with Crippen molar-refractivity contribution in [2.24, 2.45) is 0 Å². The van der Waals surface area contributed by atoms with Gasteiger partial charge >= 0.3 is 37.7 Å².